The molecule has 1 aliphatic rings. The van der Waals surface area contributed by atoms with Gasteiger partial charge in [-0.3, -0.25) is 4.79 Å². The van der Waals surface area contributed by atoms with Gasteiger partial charge in [0.25, 0.3) is 0 Å². The zero-order valence-electron chi connectivity index (χ0n) is 12.8. The van der Waals surface area contributed by atoms with Crippen LogP contribution in [-0.4, -0.2) is 48.3 Å². The third-order valence-electron chi connectivity index (χ3n) is 3.51. The Morgan fingerprint density at radius 3 is 2.38 bits per heavy atom. The van der Waals surface area contributed by atoms with Crippen molar-refractivity contribution in [3.8, 4) is 0 Å². The van der Waals surface area contributed by atoms with E-state index in [0.717, 1.165) is 24.3 Å². The zero-order chi connectivity index (χ0) is 15.7. The summed E-state index contributed by atoms with van der Waals surface area (Å²) in [5, 5.41) is 0. The first-order chi connectivity index (χ1) is 10.1. The summed E-state index contributed by atoms with van der Waals surface area (Å²) in [6, 6.07) is 0. The minimum atomic E-state index is -0.219. The molecule has 1 aliphatic heterocycles. The van der Waals surface area contributed by atoms with Gasteiger partial charge in [-0.05, 0) is 19.3 Å². The van der Waals surface area contributed by atoms with E-state index in [4.69, 9.17) is 21.7 Å². The molecule has 0 aromatic heterocycles. The van der Waals surface area contributed by atoms with Gasteiger partial charge in [0.05, 0.1) is 30.7 Å². The predicted octanol–water partition coefficient (Wildman–Crippen LogP) is 2.88. The van der Waals surface area contributed by atoms with E-state index >= 15 is 0 Å². The maximum Gasteiger partial charge on any atom is 0.308 e. The highest BCUT2D eigenvalue weighted by Crippen LogP contribution is 2.24. The second kappa shape index (κ2) is 9.68. The van der Waals surface area contributed by atoms with Crippen LogP contribution in [0.25, 0.3) is 0 Å². The quantitative estimate of drug-likeness (QED) is 0.391. The maximum absolute atomic E-state index is 11.3. The maximum atomic E-state index is 11.3. The SMILES string of the molecule is C=CCN(CC=C)C(=S)C[C@@H]1CCC[C@H](CC(=O)OC)O1. The van der Waals surface area contributed by atoms with E-state index in [9.17, 15) is 4.79 Å². The predicted molar refractivity (Wildman–Crippen MR) is 88.3 cm³/mol. The average molecular weight is 311 g/mol. The number of methoxy groups -OCH3 is 1. The number of ether oxygens (including phenoxy) is 2. The van der Waals surface area contributed by atoms with Gasteiger partial charge in [0, 0.05) is 19.5 Å². The van der Waals surface area contributed by atoms with Gasteiger partial charge in [-0.1, -0.05) is 24.4 Å². The summed E-state index contributed by atoms with van der Waals surface area (Å²) >= 11 is 5.50. The van der Waals surface area contributed by atoms with Crippen LogP contribution in [-0.2, 0) is 14.3 Å². The van der Waals surface area contributed by atoms with Gasteiger partial charge in [0.15, 0.2) is 0 Å². The standard InChI is InChI=1S/C16H25NO3S/c1-4-9-17(10-5-2)15(21)11-13-7-6-8-14(20-13)12-16(18)19-3/h4-5,13-14H,1-2,6-12H2,3H3/t13-,14+/m0/s1. The second-order valence-corrected chi connectivity index (χ2v) is 5.64. The van der Waals surface area contributed by atoms with Crippen molar-refractivity contribution in [2.45, 2.75) is 44.3 Å². The lowest BCUT2D eigenvalue weighted by atomic mass is 10.00. The van der Waals surface area contributed by atoms with Crippen LogP contribution in [0.1, 0.15) is 32.1 Å². The Kier molecular flexibility index (Phi) is 8.23. The smallest absolute Gasteiger partial charge is 0.308 e. The fraction of sp³-hybridized carbons (Fsp3) is 0.625. The van der Waals surface area contributed by atoms with Crippen molar-refractivity contribution in [2.24, 2.45) is 0 Å². The van der Waals surface area contributed by atoms with Crippen molar-refractivity contribution >= 4 is 23.2 Å². The molecule has 1 saturated heterocycles. The summed E-state index contributed by atoms with van der Waals surface area (Å²) in [6.07, 6.45) is 7.66. The molecule has 118 valence electrons. The number of esters is 1. The van der Waals surface area contributed by atoms with Gasteiger partial charge >= 0.3 is 5.97 Å². The third kappa shape index (κ3) is 6.40. The Bertz CT molecular complexity index is 374. The van der Waals surface area contributed by atoms with Gasteiger partial charge in [-0.2, -0.15) is 0 Å². The highest BCUT2D eigenvalue weighted by atomic mass is 32.1. The van der Waals surface area contributed by atoms with Crippen LogP contribution >= 0.6 is 12.2 Å². The molecule has 1 fully saturated rings. The average Bonchev–Trinajstić information content (AvgIpc) is 2.47. The molecule has 0 aliphatic carbocycles. The first-order valence-corrected chi connectivity index (χ1v) is 7.73. The number of carbonyl (C=O) groups excluding carboxylic acids is 1. The van der Waals surface area contributed by atoms with Crippen molar-refractivity contribution in [1.82, 2.24) is 4.90 Å². The summed E-state index contributed by atoms with van der Waals surface area (Å²) in [6.45, 7) is 8.92. The molecule has 0 N–H and O–H groups in total. The van der Waals surface area contributed by atoms with Crippen molar-refractivity contribution < 1.29 is 14.3 Å². The highest BCUT2D eigenvalue weighted by molar-refractivity contribution is 7.80. The van der Waals surface area contributed by atoms with Crippen LogP contribution in [0.4, 0.5) is 0 Å². The van der Waals surface area contributed by atoms with Gasteiger partial charge < -0.3 is 14.4 Å². The molecule has 2 atom stereocenters. The Hall–Kier alpha value is -1.20. The van der Waals surface area contributed by atoms with Crippen molar-refractivity contribution in [1.29, 1.82) is 0 Å². The van der Waals surface area contributed by atoms with E-state index in [1.165, 1.54) is 7.11 Å². The fourth-order valence-electron chi connectivity index (χ4n) is 2.46. The fourth-order valence-corrected chi connectivity index (χ4v) is 2.80. The molecule has 0 radical (unpaired) electrons. The van der Waals surface area contributed by atoms with E-state index in [0.29, 0.717) is 25.9 Å². The molecular formula is C16H25NO3S. The highest BCUT2D eigenvalue weighted by Gasteiger charge is 2.26. The summed E-state index contributed by atoms with van der Waals surface area (Å²) in [5.74, 6) is -0.219. The van der Waals surface area contributed by atoms with Crippen molar-refractivity contribution in [3.63, 3.8) is 0 Å². The number of hydrogen-bond acceptors (Lipinski definition) is 4. The summed E-state index contributed by atoms with van der Waals surface area (Å²) in [7, 11) is 1.40. The number of nitrogens with zero attached hydrogens (tertiary/aromatic N) is 1. The topological polar surface area (TPSA) is 38.8 Å². The van der Waals surface area contributed by atoms with E-state index in [1.807, 2.05) is 12.2 Å². The minimum Gasteiger partial charge on any atom is -0.469 e. The van der Waals surface area contributed by atoms with Gasteiger partial charge in [-0.15, -0.1) is 13.2 Å². The number of carbonyl (C=O) groups is 1. The third-order valence-corrected chi connectivity index (χ3v) is 3.94. The Labute approximate surface area is 132 Å². The lowest BCUT2D eigenvalue weighted by Crippen LogP contribution is -2.36. The minimum absolute atomic E-state index is 0.0498. The van der Waals surface area contributed by atoms with E-state index < -0.39 is 0 Å². The molecule has 0 bridgehead atoms. The van der Waals surface area contributed by atoms with E-state index in [2.05, 4.69) is 18.1 Å². The molecule has 1 heterocycles. The Balaban J connectivity index is 2.48. The lowest BCUT2D eigenvalue weighted by Gasteiger charge is -2.32. The van der Waals surface area contributed by atoms with Crippen LogP contribution < -0.4 is 0 Å². The lowest BCUT2D eigenvalue weighted by molar-refractivity contribution is -0.146. The molecule has 0 aromatic carbocycles. The summed E-state index contributed by atoms with van der Waals surface area (Å²) in [4.78, 5) is 14.2. The molecule has 0 aromatic rings. The molecule has 4 nitrogen and oxygen atoms in total. The normalized spacial score (nSPS) is 21.4. The molecule has 1 rings (SSSR count). The van der Waals surface area contributed by atoms with Crippen LogP contribution in [0.5, 0.6) is 0 Å². The number of thiocarbonyl (C=S) groups is 1. The molecule has 0 saturated carbocycles. The molecular weight excluding hydrogens is 286 g/mol. The van der Waals surface area contributed by atoms with Crippen LogP contribution in [0.15, 0.2) is 25.3 Å². The van der Waals surface area contributed by atoms with Gasteiger partial charge in [-0.25, -0.2) is 0 Å². The Morgan fingerprint density at radius 1 is 1.29 bits per heavy atom. The van der Waals surface area contributed by atoms with Crippen LogP contribution in [0.3, 0.4) is 0 Å². The second-order valence-electron chi connectivity index (χ2n) is 5.17. The molecule has 0 spiro atoms. The number of rotatable bonds is 8. The molecule has 0 unspecified atom stereocenters. The Morgan fingerprint density at radius 2 is 1.86 bits per heavy atom. The summed E-state index contributed by atoms with van der Waals surface area (Å²) < 4.78 is 10.7. The largest absolute Gasteiger partial charge is 0.469 e. The van der Waals surface area contributed by atoms with Crippen LogP contribution in [0, 0.1) is 0 Å². The first kappa shape index (κ1) is 17.9. The molecule has 0 amide bonds. The van der Waals surface area contributed by atoms with E-state index in [-0.39, 0.29) is 18.2 Å². The van der Waals surface area contributed by atoms with Crippen LogP contribution in [0.2, 0.25) is 0 Å². The van der Waals surface area contributed by atoms with Crippen molar-refractivity contribution in [3.05, 3.63) is 25.3 Å². The first-order valence-electron chi connectivity index (χ1n) is 7.32. The molecule has 21 heavy (non-hydrogen) atoms. The number of hydrogen-bond donors (Lipinski definition) is 0. The monoisotopic (exact) mass is 311 g/mol. The van der Waals surface area contributed by atoms with E-state index in [1.54, 1.807) is 0 Å². The van der Waals surface area contributed by atoms with Gasteiger partial charge in [0.1, 0.15) is 0 Å². The summed E-state index contributed by atoms with van der Waals surface area (Å²) in [5.41, 5.74) is 0. The van der Waals surface area contributed by atoms with Crippen molar-refractivity contribution in [2.75, 3.05) is 20.2 Å². The molecule has 5 heteroatoms. The zero-order valence-corrected chi connectivity index (χ0v) is 13.6. The van der Waals surface area contributed by atoms with Gasteiger partial charge in [0.2, 0.25) is 0 Å².